The van der Waals surface area contributed by atoms with Crippen molar-refractivity contribution in [1.82, 2.24) is 40.9 Å². The molecule has 6 aliphatic rings. The number of rotatable bonds is 16. The van der Waals surface area contributed by atoms with Crippen LogP contribution in [0.25, 0.3) is 22.3 Å². The lowest BCUT2D eigenvalue weighted by atomic mass is 10.00. The second-order valence-corrected chi connectivity index (χ2v) is 28.4. The highest BCUT2D eigenvalue weighted by Gasteiger charge is 2.35. The third-order valence-corrected chi connectivity index (χ3v) is 20.4. The molecule has 4 N–H and O–H groups in total. The van der Waals surface area contributed by atoms with Crippen LogP contribution in [0.4, 0.5) is 35.1 Å². The van der Waals surface area contributed by atoms with E-state index in [1.165, 1.54) is 147 Å². The lowest BCUT2D eigenvalue weighted by Crippen LogP contribution is -2.59. The first-order valence-corrected chi connectivity index (χ1v) is 35.9. The van der Waals surface area contributed by atoms with Crippen molar-refractivity contribution in [1.29, 1.82) is 0 Å². The average molecular weight is 1420 g/mol. The van der Waals surface area contributed by atoms with Gasteiger partial charge in [-0.1, -0.05) is 72.8 Å². The molecule has 102 heavy (non-hydrogen) atoms. The minimum atomic E-state index is -5.19. The number of carboxylic acid groups (broad SMARTS) is 2. The van der Waals surface area contributed by atoms with Crippen molar-refractivity contribution in [3.63, 3.8) is 0 Å². The molecule has 6 heterocycles. The molecular formula is C78H98F8N10O6. The van der Waals surface area contributed by atoms with E-state index < -0.39 is 24.3 Å². The van der Waals surface area contributed by atoms with E-state index in [1.54, 1.807) is 12.1 Å². The van der Waals surface area contributed by atoms with E-state index in [0.29, 0.717) is 47.4 Å². The molecule has 12 rings (SSSR count). The van der Waals surface area contributed by atoms with Gasteiger partial charge in [-0.3, -0.25) is 29.2 Å². The number of aliphatic carboxylic acids is 2. The van der Waals surface area contributed by atoms with Gasteiger partial charge in [-0.05, 0) is 170 Å². The van der Waals surface area contributed by atoms with Gasteiger partial charge in [0.25, 0.3) is 11.8 Å². The summed E-state index contributed by atoms with van der Waals surface area (Å²) in [7, 11) is 0. The standard InChI is InChI=1S/2C37H48FN5O.2C2HF3O2/c2*1-29-26-42(15-14-39-29)28-31-8-6-10-33(22-31)35-24-30(12-13-36(35)38)25-40-37(44)34-11-7-9-32(23-34)27-41-16-20-43(21-17-41)18-4-2-3-5-19-43;2*3-2(4,5)1(6)7/h2*6-13,22-24,29,39H,2-5,14-21,25-28H2,1H3;2*(H,6,7)/t2*29-;;/m00../s1. The monoisotopic (exact) mass is 1420 g/mol. The minimum Gasteiger partial charge on any atom is -0.542 e. The van der Waals surface area contributed by atoms with Gasteiger partial charge in [-0.15, -0.1) is 0 Å². The number of carbonyl (C=O) groups excluding carboxylic acids is 4. The fourth-order valence-corrected chi connectivity index (χ4v) is 14.8. The summed E-state index contributed by atoms with van der Waals surface area (Å²) in [6.07, 6.45) is 0.689. The smallest absolute Gasteiger partial charge is 0.430 e. The number of amides is 2. The molecule has 552 valence electrons. The van der Waals surface area contributed by atoms with E-state index in [-0.39, 0.29) is 23.4 Å². The highest BCUT2D eigenvalue weighted by atomic mass is 19.4. The van der Waals surface area contributed by atoms with Crippen LogP contribution in [0, 0.1) is 11.6 Å². The molecule has 2 atom stereocenters. The number of carbonyl (C=O) groups is 4. The summed E-state index contributed by atoms with van der Waals surface area (Å²) in [5.41, 5.74) is 10.7. The molecule has 6 saturated heterocycles. The van der Waals surface area contributed by atoms with Gasteiger partial charge >= 0.3 is 12.4 Å². The summed E-state index contributed by atoms with van der Waals surface area (Å²) in [5.74, 6) is -6.71. The number of alkyl halides is 6. The van der Waals surface area contributed by atoms with Crippen molar-refractivity contribution < 1.29 is 73.5 Å². The van der Waals surface area contributed by atoms with Crippen LogP contribution in [0.1, 0.15) is 119 Å². The fraction of sp³-hybridized carbons (Fsp3) is 0.487. The molecule has 0 radical (unpaired) electrons. The van der Waals surface area contributed by atoms with E-state index in [1.807, 2.05) is 72.8 Å². The Balaban J connectivity index is 0.000000200. The van der Waals surface area contributed by atoms with Crippen LogP contribution in [0.5, 0.6) is 0 Å². The minimum absolute atomic E-state index is 0.0994. The number of halogens is 8. The molecule has 0 saturated carbocycles. The fourth-order valence-electron chi connectivity index (χ4n) is 14.8. The maximum atomic E-state index is 15.0. The second kappa shape index (κ2) is 37.2. The topological polar surface area (TPSA) is 175 Å². The number of carboxylic acids is 2. The Bertz CT molecular complexity index is 3470. The van der Waals surface area contributed by atoms with Gasteiger partial charge in [0.1, 0.15) is 23.6 Å². The Morgan fingerprint density at radius 1 is 0.422 bits per heavy atom. The Labute approximate surface area is 594 Å². The average Bonchev–Trinajstić information content (AvgIpc) is 1.11. The summed E-state index contributed by atoms with van der Waals surface area (Å²) in [6, 6.07) is 43.7. The highest BCUT2D eigenvalue weighted by Crippen LogP contribution is 2.30. The summed E-state index contributed by atoms with van der Waals surface area (Å²) < 4.78 is 95.7. The van der Waals surface area contributed by atoms with Crippen molar-refractivity contribution in [3.8, 4) is 22.3 Å². The summed E-state index contributed by atoms with van der Waals surface area (Å²) in [5, 5.41) is 30.7. The SMILES string of the molecule is C[C@H]1CN(Cc2cccc(-c3cc(CNC(=O)c4cccc(CN5CC[N+]6(CCCCCC6)CC5)c4)ccc3F)c2)CCN1.C[C@H]1CN(Cc2cccc(-c3cc(CNC(=O)c4cccc(CN5CC[N+]6(CCCCCC6)CC5)c4)ccc3F)c2)CCN1.O=C([O-])C(F)(F)F.O=C([O-])C(F)(F)F. The van der Waals surface area contributed by atoms with Gasteiger partial charge in [0, 0.05) is 139 Å². The molecule has 2 amide bonds. The molecule has 0 aromatic heterocycles. The van der Waals surface area contributed by atoms with Crippen molar-refractivity contribution in [2.24, 2.45) is 0 Å². The zero-order valence-electron chi connectivity index (χ0n) is 58.6. The predicted octanol–water partition coefficient (Wildman–Crippen LogP) is 9.44. The van der Waals surface area contributed by atoms with Crippen LogP contribution in [-0.4, -0.2) is 195 Å². The summed E-state index contributed by atoms with van der Waals surface area (Å²) in [6.45, 7) is 29.5. The molecule has 6 fully saturated rings. The largest absolute Gasteiger partial charge is 0.542 e. The number of benzene rings is 6. The Hall–Kier alpha value is -7.68. The summed E-state index contributed by atoms with van der Waals surface area (Å²) in [4.78, 5) is 53.9. The summed E-state index contributed by atoms with van der Waals surface area (Å²) >= 11 is 0. The van der Waals surface area contributed by atoms with Crippen molar-refractivity contribution >= 4 is 23.8 Å². The van der Waals surface area contributed by atoms with Crippen molar-refractivity contribution in [2.45, 2.75) is 129 Å². The van der Waals surface area contributed by atoms with Gasteiger partial charge in [-0.2, -0.15) is 26.3 Å². The quantitative estimate of drug-likeness (QED) is 0.0535. The van der Waals surface area contributed by atoms with Gasteiger partial charge < -0.3 is 50.0 Å². The van der Waals surface area contributed by atoms with E-state index in [0.717, 1.165) is 114 Å². The number of piperazine rings is 4. The number of hydrogen-bond donors (Lipinski definition) is 4. The van der Waals surface area contributed by atoms with Gasteiger partial charge in [0.2, 0.25) is 0 Å². The molecule has 24 heteroatoms. The van der Waals surface area contributed by atoms with E-state index in [4.69, 9.17) is 19.8 Å². The van der Waals surface area contributed by atoms with Crippen molar-refractivity contribution in [3.05, 3.63) is 190 Å². The second-order valence-electron chi connectivity index (χ2n) is 28.4. The van der Waals surface area contributed by atoms with E-state index in [2.05, 4.69) is 91.1 Å². The van der Waals surface area contributed by atoms with Gasteiger partial charge in [0.05, 0.1) is 52.4 Å². The van der Waals surface area contributed by atoms with Gasteiger partial charge in [0.15, 0.2) is 0 Å². The van der Waals surface area contributed by atoms with Crippen LogP contribution in [0.3, 0.4) is 0 Å². The molecule has 2 spiro atoms. The lowest BCUT2D eigenvalue weighted by Gasteiger charge is -2.44. The van der Waals surface area contributed by atoms with E-state index >= 15 is 8.78 Å². The Morgan fingerprint density at radius 2 is 0.745 bits per heavy atom. The first-order chi connectivity index (χ1) is 48.8. The molecule has 0 unspecified atom stereocenters. The van der Waals surface area contributed by atoms with Crippen LogP contribution in [0.15, 0.2) is 133 Å². The van der Waals surface area contributed by atoms with E-state index in [9.17, 15) is 35.9 Å². The predicted molar refractivity (Wildman–Crippen MR) is 373 cm³/mol. The Morgan fingerprint density at radius 3 is 1.08 bits per heavy atom. The zero-order chi connectivity index (χ0) is 72.9. The molecular weight excluding hydrogens is 1320 g/mol. The molecule has 0 aliphatic carbocycles. The molecule has 16 nitrogen and oxygen atoms in total. The number of quaternary nitrogens is 2. The maximum absolute atomic E-state index is 15.0. The zero-order valence-corrected chi connectivity index (χ0v) is 58.6. The molecule has 6 aromatic rings. The number of nitrogens with one attached hydrogen (secondary N) is 4. The molecule has 6 aliphatic heterocycles. The third-order valence-electron chi connectivity index (χ3n) is 20.4. The van der Waals surface area contributed by atoms with Gasteiger partial charge in [-0.25, -0.2) is 8.78 Å². The first-order valence-electron chi connectivity index (χ1n) is 35.9. The first kappa shape index (κ1) is 78.5. The lowest BCUT2D eigenvalue weighted by molar-refractivity contribution is -0.931. The number of hydrogen-bond acceptors (Lipinski definition) is 12. The Kier molecular flexibility index (Phi) is 28.6. The van der Waals surface area contributed by atoms with Crippen LogP contribution < -0.4 is 31.5 Å². The van der Waals surface area contributed by atoms with Crippen LogP contribution >= 0.6 is 0 Å². The van der Waals surface area contributed by atoms with Crippen LogP contribution in [0.2, 0.25) is 0 Å². The molecule has 0 bridgehead atoms. The number of nitrogens with zero attached hydrogens (tertiary/aromatic N) is 6. The highest BCUT2D eigenvalue weighted by molar-refractivity contribution is 5.95. The molecule has 6 aromatic carbocycles. The van der Waals surface area contributed by atoms with Crippen LogP contribution in [-0.2, 0) is 48.9 Å². The third kappa shape index (κ3) is 24.2. The maximum Gasteiger partial charge on any atom is 0.430 e. The van der Waals surface area contributed by atoms with Crippen molar-refractivity contribution in [2.75, 3.05) is 118 Å². The normalized spacial score (nSPS) is 19.8.